The Morgan fingerprint density at radius 2 is 1.90 bits per heavy atom. The molecule has 0 aliphatic carbocycles. The number of aryl methyl sites for hydroxylation is 1. The Bertz CT molecular complexity index is 1020. The molecule has 0 bridgehead atoms. The van der Waals surface area contributed by atoms with E-state index < -0.39 is 0 Å². The van der Waals surface area contributed by atoms with Crippen LogP contribution in [0.25, 0.3) is 11.1 Å². The van der Waals surface area contributed by atoms with Crippen LogP contribution in [-0.4, -0.2) is 30.2 Å². The predicted octanol–water partition coefficient (Wildman–Crippen LogP) is 3.50. The highest BCUT2D eigenvalue weighted by atomic mass is 16.5. The summed E-state index contributed by atoms with van der Waals surface area (Å²) in [4.78, 5) is 17.0. The van der Waals surface area contributed by atoms with E-state index in [4.69, 9.17) is 9.47 Å². The second-order valence-corrected chi connectivity index (χ2v) is 6.65. The van der Waals surface area contributed by atoms with Gasteiger partial charge < -0.3 is 19.9 Å². The van der Waals surface area contributed by atoms with E-state index in [1.165, 1.54) is 0 Å². The average Bonchev–Trinajstić information content (AvgIpc) is 2.77. The molecule has 2 N–H and O–H groups in total. The summed E-state index contributed by atoms with van der Waals surface area (Å²) in [5.41, 5.74) is 4.55. The maximum absolute atomic E-state index is 12.8. The molecule has 6 heteroatoms. The molecule has 0 fully saturated rings. The van der Waals surface area contributed by atoms with Crippen molar-refractivity contribution in [3.63, 3.8) is 0 Å². The number of aliphatic hydroxyl groups is 1. The third-order valence-corrected chi connectivity index (χ3v) is 4.56. The fourth-order valence-electron chi connectivity index (χ4n) is 3.07. The van der Waals surface area contributed by atoms with Gasteiger partial charge in [-0.15, -0.1) is 0 Å². The zero-order valence-corrected chi connectivity index (χ0v) is 16.7. The third kappa shape index (κ3) is 4.92. The molecule has 1 heterocycles. The Hall–Kier alpha value is -3.38. The molecule has 0 radical (unpaired) electrons. The molecule has 0 saturated heterocycles. The molecule has 0 aliphatic heterocycles. The molecule has 150 valence electrons. The van der Waals surface area contributed by atoms with Crippen LogP contribution in [0, 0.1) is 6.92 Å². The number of ether oxygens (including phenoxy) is 2. The molecule has 3 rings (SSSR count). The number of rotatable bonds is 7. The number of carbonyl (C=O) groups excluding carboxylic acids is 1. The SMILES string of the molecule is COc1ccnc(CNC(=O)c2cc(CO)cc(-c3cc(C)ccc3OC)c2)c1. The molecular formula is C23H24N2O4. The predicted molar refractivity (Wildman–Crippen MR) is 111 cm³/mol. The zero-order chi connectivity index (χ0) is 20.8. The number of benzene rings is 2. The van der Waals surface area contributed by atoms with E-state index in [9.17, 15) is 9.90 Å². The number of hydrogen-bond acceptors (Lipinski definition) is 5. The van der Waals surface area contributed by atoms with Crippen molar-refractivity contribution in [2.45, 2.75) is 20.1 Å². The van der Waals surface area contributed by atoms with Crippen LogP contribution in [0.2, 0.25) is 0 Å². The first-order valence-electron chi connectivity index (χ1n) is 9.21. The molecule has 29 heavy (non-hydrogen) atoms. The maximum atomic E-state index is 12.8. The van der Waals surface area contributed by atoms with Gasteiger partial charge in [0.25, 0.3) is 5.91 Å². The fraction of sp³-hybridized carbons (Fsp3) is 0.217. The van der Waals surface area contributed by atoms with Gasteiger partial charge in [-0.2, -0.15) is 0 Å². The quantitative estimate of drug-likeness (QED) is 0.643. The van der Waals surface area contributed by atoms with E-state index in [0.717, 1.165) is 16.7 Å². The first-order chi connectivity index (χ1) is 14.0. The van der Waals surface area contributed by atoms with Crippen LogP contribution < -0.4 is 14.8 Å². The Morgan fingerprint density at radius 1 is 1.07 bits per heavy atom. The average molecular weight is 392 g/mol. The van der Waals surface area contributed by atoms with Gasteiger partial charge in [-0.3, -0.25) is 9.78 Å². The monoisotopic (exact) mass is 392 g/mol. The van der Waals surface area contributed by atoms with Gasteiger partial charge in [0.15, 0.2) is 0 Å². The molecule has 6 nitrogen and oxygen atoms in total. The van der Waals surface area contributed by atoms with Crippen molar-refractivity contribution >= 4 is 5.91 Å². The van der Waals surface area contributed by atoms with Crippen LogP contribution >= 0.6 is 0 Å². The highest BCUT2D eigenvalue weighted by Crippen LogP contribution is 2.32. The zero-order valence-electron chi connectivity index (χ0n) is 16.7. The van der Waals surface area contributed by atoms with Crippen LogP contribution in [0.5, 0.6) is 11.5 Å². The highest BCUT2D eigenvalue weighted by Gasteiger charge is 2.13. The first kappa shape index (κ1) is 20.4. The minimum atomic E-state index is -0.252. The molecule has 0 saturated carbocycles. The molecule has 2 aromatic carbocycles. The lowest BCUT2D eigenvalue weighted by Gasteiger charge is -2.13. The number of aliphatic hydroxyl groups excluding tert-OH is 1. The summed E-state index contributed by atoms with van der Waals surface area (Å²) in [7, 11) is 3.19. The number of amides is 1. The number of carbonyl (C=O) groups is 1. The minimum Gasteiger partial charge on any atom is -0.497 e. The van der Waals surface area contributed by atoms with E-state index in [1.54, 1.807) is 44.7 Å². The van der Waals surface area contributed by atoms with Crippen molar-refractivity contribution in [3.05, 3.63) is 77.1 Å². The topological polar surface area (TPSA) is 80.7 Å². The van der Waals surface area contributed by atoms with Crippen LogP contribution in [-0.2, 0) is 13.2 Å². The fourth-order valence-corrected chi connectivity index (χ4v) is 3.07. The summed E-state index contributed by atoms with van der Waals surface area (Å²) < 4.78 is 10.7. The van der Waals surface area contributed by atoms with E-state index in [1.807, 2.05) is 31.2 Å². The van der Waals surface area contributed by atoms with E-state index in [-0.39, 0.29) is 19.1 Å². The Balaban J connectivity index is 1.88. The van der Waals surface area contributed by atoms with E-state index in [0.29, 0.717) is 28.3 Å². The van der Waals surface area contributed by atoms with Gasteiger partial charge in [0.05, 0.1) is 33.1 Å². The van der Waals surface area contributed by atoms with Crippen molar-refractivity contribution in [3.8, 4) is 22.6 Å². The van der Waals surface area contributed by atoms with Gasteiger partial charge in [-0.05, 0) is 54.4 Å². The van der Waals surface area contributed by atoms with Gasteiger partial charge in [0, 0.05) is 23.4 Å². The van der Waals surface area contributed by atoms with Crippen molar-refractivity contribution in [1.29, 1.82) is 0 Å². The minimum absolute atomic E-state index is 0.167. The van der Waals surface area contributed by atoms with Crippen molar-refractivity contribution in [2.24, 2.45) is 0 Å². The number of hydrogen-bond donors (Lipinski definition) is 2. The smallest absolute Gasteiger partial charge is 0.251 e. The molecule has 1 amide bonds. The lowest BCUT2D eigenvalue weighted by molar-refractivity contribution is 0.0950. The summed E-state index contributed by atoms with van der Waals surface area (Å²) in [5.74, 6) is 1.13. The summed E-state index contributed by atoms with van der Waals surface area (Å²) in [6.45, 7) is 2.09. The van der Waals surface area contributed by atoms with E-state index in [2.05, 4.69) is 10.3 Å². The standard InChI is InChI=1S/C23H24N2O4/c1-15-4-5-22(29-3)21(8-15)17-9-16(14-26)10-18(11-17)23(27)25-13-19-12-20(28-2)6-7-24-19/h4-12,26H,13-14H2,1-3H3,(H,25,27). The Kier molecular flexibility index (Phi) is 6.46. The van der Waals surface area contributed by atoms with Gasteiger partial charge in [0.1, 0.15) is 11.5 Å². The largest absolute Gasteiger partial charge is 0.497 e. The number of aromatic nitrogens is 1. The Morgan fingerprint density at radius 3 is 2.62 bits per heavy atom. The number of methoxy groups -OCH3 is 2. The lowest BCUT2D eigenvalue weighted by atomic mass is 9.97. The molecule has 0 atom stereocenters. The number of nitrogens with one attached hydrogen (secondary N) is 1. The second kappa shape index (κ2) is 9.21. The van der Waals surface area contributed by atoms with Crippen LogP contribution in [0.15, 0.2) is 54.7 Å². The van der Waals surface area contributed by atoms with Gasteiger partial charge in [0.2, 0.25) is 0 Å². The highest BCUT2D eigenvalue weighted by molar-refractivity contribution is 5.96. The second-order valence-electron chi connectivity index (χ2n) is 6.65. The summed E-state index contributed by atoms with van der Waals surface area (Å²) in [5, 5.41) is 12.5. The molecule has 3 aromatic rings. The van der Waals surface area contributed by atoms with Crippen LogP contribution in [0.4, 0.5) is 0 Å². The first-order valence-corrected chi connectivity index (χ1v) is 9.21. The van der Waals surface area contributed by atoms with Gasteiger partial charge in [-0.1, -0.05) is 11.6 Å². The summed E-state index contributed by atoms with van der Waals surface area (Å²) in [6.07, 6.45) is 1.63. The van der Waals surface area contributed by atoms with Crippen molar-refractivity contribution in [1.82, 2.24) is 10.3 Å². The summed E-state index contributed by atoms with van der Waals surface area (Å²) in [6, 6.07) is 14.7. The van der Waals surface area contributed by atoms with Gasteiger partial charge >= 0.3 is 0 Å². The molecule has 0 unspecified atom stereocenters. The molecule has 0 aliphatic rings. The third-order valence-electron chi connectivity index (χ3n) is 4.56. The van der Waals surface area contributed by atoms with Gasteiger partial charge in [-0.25, -0.2) is 0 Å². The normalized spacial score (nSPS) is 10.5. The van der Waals surface area contributed by atoms with Crippen molar-refractivity contribution < 1.29 is 19.4 Å². The molecular weight excluding hydrogens is 368 g/mol. The molecule has 1 aromatic heterocycles. The number of pyridine rings is 1. The maximum Gasteiger partial charge on any atom is 0.251 e. The van der Waals surface area contributed by atoms with Crippen LogP contribution in [0.1, 0.15) is 27.2 Å². The van der Waals surface area contributed by atoms with Crippen LogP contribution in [0.3, 0.4) is 0 Å². The van der Waals surface area contributed by atoms with Crippen molar-refractivity contribution in [2.75, 3.05) is 14.2 Å². The Labute approximate surface area is 170 Å². The van der Waals surface area contributed by atoms with E-state index >= 15 is 0 Å². The summed E-state index contributed by atoms with van der Waals surface area (Å²) >= 11 is 0. The number of nitrogens with zero attached hydrogens (tertiary/aromatic N) is 1. The molecule has 0 spiro atoms. The lowest BCUT2D eigenvalue weighted by Crippen LogP contribution is -2.23.